The molecule has 7 atom stereocenters. The van der Waals surface area contributed by atoms with Crippen molar-refractivity contribution in [2.75, 3.05) is 39.6 Å². The predicted octanol–water partition coefficient (Wildman–Crippen LogP) is 18.5. The molecule has 17 nitrogen and oxygen atoms in total. The zero-order valence-corrected chi connectivity index (χ0v) is 57.7. The van der Waals surface area contributed by atoms with Gasteiger partial charge < -0.3 is 33.8 Å². The molecule has 0 heterocycles. The number of carbonyl (C=O) groups excluding carboxylic acids is 4. The minimum atomic E-state index is -4.95. The fourth-order valence-electron chi connectivity index (χ4n) is 9.89. The molecule has 0 radical (unpaired) electrons. The molecular formula is C67H130O17P2. The standard InChI is InChI=1S/C67H130O17P2/c1-9-59(7)45-37-29-23-25-32-40-48-65(70)78-54-63(84-67(72)50-42-34-26-24-30-38-46-60(8)10-2)56-82-86(75,76)80-52-61(68)51-79-85(73,74)81-55-62(53-77-64(69)47-39-31-21-18-17-20-28-36-44-58(5)6)83-66(71)49-41-33-22-16-14-12-11-13-15-19-27-35-43-57(3)4/h57-63,68H,9-56H2,1-8H3,(H,73,74)(H,75,76)/t59?,60?,61-,62-,63-/m1/s1. The second-order valence-corrected chi connectivity index (χ2v) is 28.6. The Balaban J connectivity index is 5.26. The first-order valence-corrected chi connectivity index (χ1v) is 37.8. The van der Waals surface area contributed by atoms with E-state index in [0.717, 1.165) is 120 Å². The van der Waals surface area contributed by atoms with Gasteiger partial charge in [0.05, 0.1) is 26.4 Å². The molecule has 86 heavy (non-hydrogen) atoms. The van der Waals surface area contributed by atoms with E-state index < -0.39 is 97.5 Å². The van der Waals surface area contributed by atoms with E-state index in [2.05, 4.69) is 55.4 Å². The number of phosphoric ester groups is 2. The molecule has 510 valence electrons. The summed E-state index contributed by atoms with van der Waals surface area (Å²) >= 11 is 0. The molecule has 19 heteroatoms. The summed E-state index contributed by atoms with van der Waals surface area (Å²) in [5.74, 6) is 0.817. The van der Waals surface area contributed by atoms with Gasteiger partial charge in [-0.25, -0.2) is 9.13 Å². The number of aliphatic hydroxyl groups excluding tert-OH is 1. The molecule has 0 aromatic heterocycles. The van der Waals surface area contributed by atoms with Crippen molar-refractivity contribution in [3.8, 4) is 0 Å². The molecular weight excluding hydrogens is 1140 g/mol. The van der Waals surface area contributed by atoms with Gasteiger partial charge in [-0.15, -0.1) is 0 Å². The van der Waals surface area contributed by atoms with Gasteiger partial charge in [0.25, 0.3) is 0 Å². The molecule has 0 saturated carbocycles. The first-order chi connectivity index (χ1) is 41.2. The third-order valence-corrected chi connectivity index (χ3v) is 17.9. The minimum Gasteiger partial charge on any atom is -0.462 e. The normalized spacial score (nSPS) is 15.0. The van der Waals surface area contributed by atoms with Gasteiger partial charge >= 0.3 is 39.5 Å². The maximum atomic E-state index is 13.0. The highest BCUT2D eigenvalue weighted by atomic mass is 31.2. The molecule has 0 amide bonds. The second-order valence-electron chi connectivity index (χ2n) is 25.6. The van der Waals surface area contributed by atoms with Crippen LogP contribution in [0, 0.1) is 23.7 Å². The minimum absolute atomic E-state index is 0.101. The number of esters is 4. The lowest BCUT2D eigenvalue weighted by molar-refractivity contribution is -0.161. The van der Waals surface area contributed by atoms with Gasteiger partial charge in [-0.2, -0.15) is 0 Å². The van der Waals surface area contributed by atoms with Crippen molar-refractivity contribution in [3.63, 3.8) is 0 Å². The maximum Gasteiger partial charge on any atom is 0.472 e. The zero-order chi connectivity index (χ0) is 63.9. The molecule has 0 fully saturated rings. The lowest BCUT2D eigenvalue weighted by Gasteiger charge is -2.21. The monoisotopic (exact) mass is 1270 g/mol. The Kier molecular flexibility index (Phi) is 55.7. The Bertz CT molecular complexity index is 1720. The van der Waals surface area contributed by atoms with Crippen LogP contribution < -0.4 is 0 Å². The van der Waals surface area contributed by atoms with Gasteiger partial charge in [0.1, 0.15) is 19.3 Å². The predicted molar refractivity (Wildman–Crippen MR) is 344 cm³/mol. The van der Waals surface area contributed by atoms with E-state index >= 15 is 0 Å². The number of rotatable bonds is 64. The van der Waals surface area contributed by atoms with Crippen LogP contribution >= 0.6 is 15.6 Å². The maximum absolute atomic E-state index is 13.0. The first-order valence-electron chi connectivity index (χ1n) is 34.8. The van der Waals surface area contributed by atoms with Crippen LogP contribution in [0.4, 0.5) is 0 Å². The van der Waals surface area contributed by atoms with Crippen LogP contribution in [0.25, 0.3) is 0 Å². The van der Waals surface area contributed by atoms with E-state index in [9.17, 15) is 43.2 Å². The second kappa shape index (κ2) is 57.0. The van der Waals surface area contributed by atoms with Gasteiger partial charge in [0.2, 0.25) is 0 Å². The highest BCUT2D eigenvalue weighted by Gasteiger charge is 2.30. The largest absolute Gasteiger partial charge is 0.472 e. The van der Waals surface area contributed by atoms with E-state index in [1.165, 1.54) is 122 Å². The average molecular weight is 1270 g/mol. The van der Waals surface area contributed by atoms with Crippen molar-refractivity contribution in [1.82, 2.24) is 0 Å². The Hall–Kier alpha value is -1.94. The molecule has 0 aromatic rings. The Morgan fingerprint density at radius 1 is 0.326 bits per heavy atom. The van der Waals surface area contributed by atoms with Crippen molar-refractivity contribution in [2.24, 2.45) is 23.7 Å². The molecule has 4 unspecified atom stereocenters. The number of unbranched alkanes of at least 4 members (excludes halogenated alkanes) is 28. The number of hydrogen-bond donors (Lipinski definition) is 3. The molecule has 0 aliphatic carbocycles. The summed E-state index contributed by atoms with van der Waals surface area (Å²) in [5.41, 5.74) is 0. The van der Waals surface area contributed by atoms with E-state index in [0.29, 0.717) is 25.7 Å². The van der Waals surface area contributed by atoms with Gasteiger partial charge in [-0.1, -0.05) is 274 Å². The Morgan fingerprint density at radius 2 is 0.558 bits per heavy atom. The lowest BCUT2D eigenvalue weighted by Crippen LogP contribution is -2.30. The van der Waals surface area contributed by atoms with E-state index in [4.69, 9.17) is 37.0 Å². The topological polar surface area (TPSA) is 237 Å². The van der Waals surface area contributed by atoms with Crippen molar-refractivity contribution >= 4 is 39.5 Å². The highest BCUT2D eigenvalue weighted by molar-refractivity contribution is 7.47. The van der Waals surface area contributed by atoms with Crippen molar-refractivity contribution in [1.29, 1.82) is 0 Å². The number of carbonyl (C=O) groups is 4. The summed E-state index contributed by atoms with van der Waals surface area (Å²) in [7, 11) is -9.90. The Morgan fingerprint density at radius 3 is 0.826 bits per heavy atom. The fourth-order valence-corrected chi connectivity index (χ4v) is 11.5. The summed E-state index contributed by atoms with van der Waals surface area (Å²) in [4.78, 5) is 72.4. The van der Waals surface area contributed by atoms with Gasteiger partial charge in [0.15, 0.2) is 12.2 Å². The van der Waals surface area contributed by atoms with Gasteiger partial charge in [0, 0.05) is 25.7 Å². The van der Waals surface area contributed by atoms with Crippen LogP contribution in [-0.4, -0.2) is 96.7 Å². The van der Waals surface area contributed by atoms with Crippen molar-refractivity contribution in [3.05, 3.63) is 0 Å². The summed E-state index contributed by atoms with van der Waals surface area (Å²) in [6, 6.07) is 0. The van der Waals surface area contributed by atoms with E-state index in [1.54, 1.807) is 0 Å². The SMILES string of the molecule is CCC(C)CCCCCCCCC(=O)OC[C@H](COP(=O)(O)OC[C@H](O)COP(=O)(O)OC[C@@H](COC(=O)CCCCCCCCCCC(C)C)OC(=O)CCCCCCCCCCCCCCC(C)C)OC(=O)CCCCCCCCC(C)CC. The molecule has 0 aliphatic rings. The summed E-state index contributed by atoms with van der Waals surface area (Å²) in [5, 5.41) is 10.6. The first kappa shape index (κ1) is 84.1. The van der Waals surface area contributed by atoms with Gasteiger partial charge in [-0.05, 0) is 49.4 Å². The van der Waals surface area contributed by atoms with Crippen LogP contribution in [-0.2, 0) is 65.4 Å². The molecule has 0 aliphatic heterocycles. The van der Waals surface area contributed by atoms with Crippen molar-refractivity contribution < 1.29 is 80.2 Å². The van der Waals surface area contributed by atoms with Crippen LogP contribution in [0.1, 0.15) is 325 Å². The molecule has 0 aromatic carbocycles. The van der Waals surface area contributed by atoms with Crippen LogP contribution in [0.3, 0.4) is 0 Å². The molecule has 0 rings (SSSR count). The quantitative estimate of drug-likeness (QED) is 0.0222. The summed E-state index contributed by atoms with van der Waals surface area (Å²) in [6.45, 7) is 14.0. The zero-order valence-electron chi connectivity index (χ0n) is 55.9. The summed E-state index contributed by atoms with van der Waals surface area (Å²) in [6.07, 6.45) is 37.6. The van der Waals surface area contributed by atoms with Crippen LogP contribution in [0.15, 0.2) is 0 Å². The van der Waals surface area contributed by atoms with Gasteiger partial charge in [-0.3, -0.25) is 37.3 Å². The fraction of sp³-hybridized carbons (Fsp3) is 0.940. The van der Waals surface area contributed by atoms with Crippen LogP contribution in [0.2, 0.25) is 0 Å². The lowest BCUT2D eigenvalue weighted by atomic mass is 10.00. The van der Waals surface area contributed by atoms with Crippen molar-refractivity contribution in [2.45, 2.75) is 343 Å². The molecule has 3 N–H and O–H groups in total. The van der Waals surface area contributed by atoms with Crippen LogP contribution in [0.5, 0.6) is 0 Å². The third kappa shape index (κ3) is 58.4. The Labute approximate surface area is 524 Å². The number of ether oxygens (including phenoxy) is 4. The van der Waals surface area contributed by atoms with E-state index in [-0.39, 0.29) is 25.7 Å². The smallest absolute Gasteiger partial charge is 0.462 e. The summed E-state index contributed by atoms with van der Waals surface area (Å²) < 4.78 is 68.1. The van der Waals surface area contributed by atoms with E-state index in [1.807, 2.05) is 0 Å². The highest BCUT2D eigenvalue weighted by Crippen LogP contribution is 2.45. The number of phosphoric acid groups is 2. The third-order valence-electron chi connectivity index (χ3n) is 16.0. The molecule has 0 saturated heterocycles. The molecule has 0 bridgehead atoms. The number of aliphatic hydroxyl groups is 1. The average Bonchev–Trinajstić information content (AvgIpc) is 3.55. The molecule has 0 spiro atoms. The number of hydrogen-bond acceptors (Lipinski definition) is 15.